The Labute approximate surface area is 286 Å². The molecule has 2 unspecified atom stereocenters. The van der Waals surface area contributed by atoms with Crippen LogP contribution < -0.4 is 22.6 Å². The zero-order chi connectivity index (χ0) is 35.9. The first kappa shape index (κ1) is 35.5. The number of rotatable bonds is 4. The van der Waals surface area contributed by atoms with Gasteiger partial charge < -0.3 is 40.9 Å². The van der Waals surface area contributed by atoms with Crippen molar-refractivity contribution in [3.63, 3.8) is 0 Å². The molecule has 10 N–H and O–H groups in total. The second-order valence-corrected chi connectivity index (χ2v) is 15.3. The number of phosphoric ester groups is 2. The molecule has 0 saturated carbocycles. The number of thioether (sulfide) groups is 2. The third-order valence-corrected chi connectivity index (χ3v) is 11.2. The molecule has 3 fully saturated rings. The van der Waals surface area contributed by atoms with E-state index in [9.17, 15) is 38.7 Å². The van der Waals surface area contributed by atoms with Crippen LogP contribution in [0.5, 0.6) is 0 Å². The van der Waals surface area contributed by atoms with Crippen LogP contribution in [-0.4, -0.2) is 121 Å². The molecular weight excluding hydrogens is 754 g/mol. The molecule has 0 aliphatic carbocycles. The van der Waals surface area contributed by atoms with Crippen molar-refractivity contribution in [2.45, 2.75) is 59.4 Å². The summed E-state index contributed by atoms with van der Waals surface area (Å²) in [5, 5.41) is 23.0. The third kappa shape index (κ3) is 6.17. The minimum atomic E-state index is -5.14. The highest BCUT2D eigenvalue weighted by molar-refractivity contribution is 7.98. The molecule has 0 bridgehead atoms. The molecule has 0 amide bonds. The number of aliphatic hydroxyl groups is 2. The maximum Gasteiger partial charge on any atom is 0.472 e. The molecule has 50 heavy (non-hydrogen) atoms. The van der Waals surface area contributed by atoms with Gasteiger partial charge in [-0.05, 0) is 12.5 Å². The van der Waals surface area contributed by atoms with Crippen molar-refractivity contribution in [1.29, 1.82) is 0 Å². The Morgan fingerprint density at radius 1 is 0.740 bits per heavy atom. The maximum absolute atomic E-state index is 13.3. The zero-order valence-electron chi connectivity index (χ0n) is 25.5. The number of nitrogen functional groups attached to an aromatic ring is 2. The Hall–Kier alpha value is -2.94. The number of anilines is 2. The number of nitrogens with two attached hydrogens (primary N) is 2. The predicted molar refractivity (Wildman–Crippen MR) is 170 cm³/mol. The number of phosphoric acid groups is 2. The summed E-state index contributed by atoms with van der Waals surface area (Å²) in [6, 6.07) is 0. The lowest BCUT2D eigenvalue weighted by Gasteiger charge is -2.27. The highest BCUT2D eigenvalue weighted by Gasteiger charge is 2.54. The lowest BCUT2D eigenvalue weighted by molar-refractivity contribution is -0.0684. The van der Waals surface area contributed by atoms with E-state index in [0.717, 1.165) is 23.5 Å². The van der Waals surface area contributed by atoms with Crippen molar-refractivity contribution in [1.82, 2.24) is 39.0 Å². The smallest absolute Gasteiger partial charge is 0.386 e. The quantitative estimate of drug-likeness (QED) is 0.0853. The van der Waals surface area contributed by atoms with E-state index >= 15 is 0 Å². The molecular formula is C22H28N10O14P2S2. The summed E-state index contributed by atoms with van der Waals surface area (Å²) in [7, 11) is -10.3. The first-order valence-electron chi connectivity index (χ1n) is 14.2. The molecule has 272 valence electrons. The second kappa shape index (κ2) is 12.9. The second-order valence-electron chi connectivity index (χ2n) is 11.0. The van der Waals surface area contributed by atoms with E-state index in [0.29, 0.717) is 0 Å². The summed E-state index contributed by atoms with van der Waals surface area (Å²) in [6.07, 6.45) is -10.0. The number of nitrogens with one attached hydrogen (secondary N) is 2. The van der Waals surface area contributed by atoms with E-state index in [1.807, 2.05) is 0 Å². The molecule has 24 nitrogen and oxygen atoms in total. The van der Waals surface area contributed by atoms with Crippen molar-refractivity contribution in [2.75, 3.05) is 37.2 Å². The number of fused-ring (bicyclic) bond motifs is 4. The first-order valence-corrected chi connectivity index (χ1v) is 19.7. The molecule has 4 aromatic rings. The number of imidazole rings is 2. The average molecular weight is 783 g/mol. The summed E-state index contributed by atoms with van der Waals surface area (Å²) in [6.45, 7) is -1.76. The van der Waals surface area contributed by atoms with Gasteiger partial charge in [-0.1, -0.05) is 23.5 Å². The molecule has 0 aromatic carbocycles. The number of hydrogen-bond donors (Lipinski definition) is 8. The highest BCUT2D eigenvalue weighted by Crippen LogP contribution is 2.54. The number of H-pyrrole nitrogens is 2. The van der Waals surface area contributed by atoms with Gasteiger partial charge in [-0.25, -0.2) is 19.1 Å². The standard InChI is InChI=1S/C22H28N10O14P2S2/c1-49-21-25-7-13(27-19(23)29-15(7)35)31(21)17-9(33)11-5(43-17)3-41-48(39,40)46-12-6(4-42-47(37,38)45-11)44-18(10(12)34)32-14-8(26-22(32)50-2)16(36)30-20(24)28-14/h5-6,9-12,17-18,33-34H,3-4H2,1-2H3,(H,37,38)(H,39,40)(H3,23,27,29,35)(H3,24,28,30,36)/t5-,6-,9-,10-,11-,12-,17-,18-/m1/s1. The van der Waals surface area contributed by atoms with Crippen LogP contribution in [0.25, 0.3) is 22.3 Å². The number of nitrogens with zero attached hydrogens (tertiary/aromatic N) is 6. The molecule has 3 saturated heterocycles. The SMILES string of the molecule is CSc1nc2c(=O)[nH]c(N)nc2n1[C@@H]1O[C@@H]2COP(=O)(O)O[C@H]3[C@@H](O)[C@H](n4c(SC)nc5c(=O)[nH]c(N)nc54)O[C@@H]3COP(=O)(O)O[C@H]2[C@H]1O. The monoisotopic (exact) mass is 782 g/mol. The lowest BCUT2D eigenvalue weighted by atomic mass is 10.1. The lowest BCUT2D eigenvalue weighted by Crippen LogP contribution is -2.39. The van der Waals surface area contributed by atoms with Crippen molar-refractivity contribution in [3.8, 4) is 0 Å². The number of hydrogen-bond acceptors (Lipinski definition) is 20. The molecule has 0 spiro atoms. The van der Waals surface area contributed by atoms with Gasteiger partial charge in [0.15, 0.2) is 45.1 Å². The zero-order valence-corrected chi connectivity index (χ0v) is 28.9. The van der Waals surface area contributed by atoms with E-state index in [4.69, 9.17) is 39.0 Å². The number of aliphatic hydroxyl groups excluding tert-OH is 2. The Morgan fingerprint density at radius 3 is 1.48 bits per heavy atom. The Morgan fingerprint density at radius 2 is 1.12 bits per heavy atom. The van der Waals surface area contributed by atoms with Crippen molar-refractivity contribution >= 4 is 73.4 Å². The number of aromatic amines is 2. The third-order valence-electron chi connectivity index (χ3n) is 7.88. The molecule has 0 radical (unpaired) electrons. The van der Waals surface area contributed by atoms with Gasteiger partial charge in [-0.3, -0.25) is 46.8 Å². The fourth-order valence-electron chi connectivity index (χ4n) is 5.81. The Kier molecular flexibility index (Phi) is 9.17. The van der Waals surface area contributed by atoms with Crippen LogP contribution in [0.15, 0.2) is 19.9 Å². The van der Waals surface area contributed by atoms with Crippen LogP contribution in [-0.2, 0) is 36.7 Å². The first-order chi connectivity index (χ1) is 23.6. The van der Waals surface area contributed by atoms with Crippen molar-refractivity contribution < 1.29 is 56.7 Å². The van der Waals surface area contributed by atoms with Crippen LogP contribution in [0.1, 0.15) is 12.5 Å². The van der Waals surface area contributed by atoms with Crippen LogP contribution in [0, 0.1) is 0 Å². The van der Waals surface area contributed by atoms with E-state index in [1.165, 1.54) is 9.13 Å². The topological polar surface area (TPSA) is 350 Å². The number of ether oxygens (including phenoxy) is 2. The van der Waals surface area contributed by atoms with E-state index in [1.54, 1.807) is 12.5 Å². The highest BCUT2D eigenvalue weighted by atomic mass is 32.2. The molecule has 4 aromatic heterocycles. The molecule has 10 atom stereocenters. The van der Waals surface area contributed by atoms with Crippen LogP contribution in [0.3, 0.4) is 0 Å². The minimum Gasteiger partial charge on any atom is -0.386 e. The van der Waals surface area contributed by atoms with Gasteiger partial charge in [0.25, 0.3) is 11.1 Å². The summed E-state index contributed by atoms with van der Waals surface area (Å²) < 4.78 is 61.9. The number of aromatic nitrogens is 8. The molecule has 7 rings (SSSR count). The summed E-state index contributed by atoms with van der Waals surface area (Å²) in [5.41, 5.74) is 9.53. The van der Waals surface area contributed by atoms with E-state index in [-0.39, 0.29) is 44.5 Å². The maximum atomic E-state index is 13.3. The average Bonchev–Trinajstić information content (AvgIpc) is 3.76. The van der Waals surface area contributed by atoms with Gasteiger partial charge in [-0.2, -0.15) is 9.97 Å². The molecule has 7 heterocycles. The fraction of sp³-hybridized carbons (Fsp3) is 0.545. The van der Waals surface area contributed by atoms with Gasteiger partial charge in [-0.15, -0.1) is 0 Å². The largest absolute Gasteiger partial charge is 0.472 e. The van der Waals surface area contributed by atoms with Crippen LogP contribution in [0.2, 0.25) is 0 Å². The Balaban J connectivity index is 1.21. The predicted octanol–water partition coefficient (Wildman–Crippen LogP) is -1.60. The molecule has 3 aliphatic rings. The van der Waals surface area contributed by atoms with E-state index in [2.05, 4.69) is 29.9 Å². The normalized spacial score (nSPS) is 35.2. The Bertz CT molecular complexity index is 2050. The summed E-state index contributed by atoms with van der Waals surface area (Å²) in [4.78, 5) is 67.7. The van der Waals surface area contributed by atoms with Gasteiger partial charge in [0.1, 0.15) is 36.6 Å². The van der Waals surface area contributed by atoms with E-state index < -0.39 is 89.1 Å². The molecule has 28 heteroatoms. The van der Waals surface area contributed by atoms with Crippen molar-refractivity contribution in [2.24, 2.45) is 0 Å². The fourth-order valence-corrected chi connectivity index (χ4v) is 8.87. The van der Waals surface area contributed by atoms with Gasteiger partial charge in [0.05, 0.1) is 13.2 Å². The van der Waals surface area contributed by atoms with Gasteiger partial charge >= 0.3 is 15.6 Å². The van der Waals surface area contributed by atoms with Crippen molar-refractivity contribution in [3.05, 3.63) is 20.7 Å². The summed E-state index contributed by atoms with van der Waals surface area (Å²) in [5.74, 6) is -0.558. The van der Waals surface area contributed by atoms with Crippen LogP contribution in [0.4, 0.5) is 11.9 Å². The van der Waals surface area contributed by atoms with Gasteiger partial charge in [0.2, 0.25) is 11.9 Å². The summed E-state index contributed by atoms with van der Waals surface area (Å²) >= 11 is 2.08. The minimum absolute atomic E-state index is 0.108. The molecule has 3 aliphatic heterocycles. The van der Waals surface area contributed by atoms with Crippen LogP contribution >= 0.6 is 39.2 Å². The van der Waals surface area contributed by atoms with Gasteiger partial charge in [0, 0.05) is 0 Å².